The van der Waals surface area contributed by atoms with Crippen LogP contribution in [-0.4, -0.2) is 6.61 Å². The van der Waals surface area contributed by atoms with Gasteiger partial charge in [0.1, 0.15) is 5.75 Å². The van der Waals surface area contributed by atoms with Crippen LogP contribution in [0.2, 0.25) is 0 Å². The fraction of sp³-hybridized carbons (Fsp3) is 0.294. The number of hydrogen-bond acceptors (Lipinski definition) is 1. The predicted molar refractivity (Wildman–Crippen MR) is 79.1 cm³/mol. The van der Waals surface area contributed by atoms with Gasteiger partial charge in [-0.3, -0.25) is 0 Å². The molecule has 0 saturated heterocycles. The Bertz CT molecular complexity index is 440. The van der Waals surface area contributed by atoms with E-state index in [1.165, 1.54) is 16.7 Å². The van der Waals surface area contributed by atoms with Gasteiger partial charge in [-0.05, 0) is 37.1 Å². The van der Waals surface area contributed by atoms with E-state index in [4.69, 9.17) is 4.74 Å². The Kier molecular flexibility index (Phi) is 5.99. The SMILES string of the molecule is CC.CCOc1ccc(-c2ccc(C)cc2)cc1. The molecule has 1 heteroatoms. The summed E-state index contributed by atoms with van der Waals surface area (Å²) in [5.41, 5.74) is 3.76. The van der Waals surface area contributed by atoms with Crippen molar-refractivity contribution in [3.05, 3.63) is 54.1 Å². The van der Waals surface area contributed by atoms with Crippen LogP contribution >= 0.6 is 0 Å². The summed E-state index contributed by atoms with van der Waals surface area (Å²) < 4.78 is 5.42. The summed E-state index contributed by atoms with van der Waals surface area (Å²) in [5, 5.41) is 0. The third kappa shape index (κ3) is 3.92. The second kappa shape index (κ2) is 7.54. The maximum Gasteiger partial charge on any atom is 0.119 e. The van der Waals surface area contributed by atoms with E-state index in [0.717, 1.165) is 5.75 Å². The van der Waals surface area contributed by atoms with Crippen LogP contribution in [0.1, 0.15) is 26.3 Å². The molecule has 0 aliphatic rings. The maximum atomic E-state index is 5.42. The first kappa shape index (κ1) is 14.3. The lowest BCUT2D eigenvalue weighted by Gasteiger charge is -2.05. The van der Waals surface area contributed by atoms with Gasteiger partial charge in [-0.15, -0.1) is 0 Å². The number of hydrogen-bond donors (Lipinski definition) is 0. The van der Waals surface area contributed by atoms with E-state index in [2.05, 4.69) is 43.3 Å². The van der Waals surface area contributed by atoms with E-state index in [1.54, 1.807) is 0 Å². The zero-order chi connectivity index (χ0) is 13.4. The molecule has 0 fully saturated rings. The molecule has 0 aliphatic heterocycles. The first-order valence-electron chi connectivity index (χ1n) is 6.59. The van der Waals surface area contributed by atoms with Gasteiger partial charge < -0.3 is 4.74 Å². The largest absolute Gasteiger partial charge is 0.494 e. The lowest BCUT2D eigenvalue weighted by atomic mass is 10.0. The Morgan fingerprint density at radius 1 is 0.778 bits per heavy atom. The number of rotatable bonds is 3. The fourth-order valence-electron chi connectivity index (χ4n) is 1.66. The Morgan fingerprint density at radius 2 is 1.22 bits per heavy atom. The van der Waals surface area contributed by atoms with Crippen molar-refractivity contribution in [1.29, 1.82) is 0 Å². The normalized spacial score (nSPS) is 9.33. The summed E-state index contributed by atoms with van der Waals surface area (Å²) in [6.45, 7) is 8.81. The maximum absolute atomic E-state index is 5.42. The van der Waals surface area contributed by atoms with E-state index in [0.29, 0.717) is 6.61 Å². The predicted octanol–water partition coefficient (Wildman–Crippen LogP) is 5.09. The molecule has 0 N–H and O–H groups in total. The molecule has 0 aliphatic carbocycles. The molecule has 0 amide bonds. The van der Waals surface area contributed by atoms with Crippen LogP contribution in [-0.2, 0) is 0 Å². The van der Waals surface area contributed by atoms with Gasteiger partial charge in [-0.2, -0.15) is 0 Å². The molecule has 2 aromatic carbocycles. The molecule has 0 heterocycles. The molecule has 2 aromatic rings. The van der Waals surface area contributed by atoms with Crippen LogP contribution < -0.4 is 4.74 Å². The summed E-state index contributed by atoms with van der Waals surface area (Å²) in [7, 11) is 0. The standard InChI is InChI=1S/C15H16O.C2H6/c1-3-16-15-10-8-14(9-11-15)13-6-4-12(2)5-7-13;1-2/h4-11H,3H2,1-2H3;1-2H3. The highest BCUT2D eigenvalue weighted by Crippen LogP contribution is 2.22. The summed E-state index contributed by atoms with van der Waals surface area (Å²) in [6.07, 6.45) is 0. The first-order chi connectivity index (χ1) is 8.79. The van der Waals surface area contributed by atoms with Crippen molar-refractivity contribution in [2.75, 3.05) is 6.61 Å². The van der Waals surface area contributed by atoms with Gasteiger partial charge in [0.2, 0.25) is 0 Å². The van der Waals surface area contributed by atoms with Crippen LogP contribution in [0.3, 0.4) is 0 Å². The van der Waals surface area contributed by atoms with Gasteiger partial charge in [0.25, 0.3) is 0 Å². The van der Waals surface area contributed by atoms with Gasteiger partial charge >= 0.3 is 0 Å². The minimum atomic E-state index is 0.712. The van der Waals surface area contributed by atoms with E-state index >= 15 is 0 Å². The fourth-order valence-corrected chi connectivity index (χ4v) is 1.66. The third-order valence-corrected chi connectivity index (χ3v) is 2.55. The van der Waals surface area contributed by atoms with Crippen molar-refractivity contribution in [2.24, 2.45) is 0 Å². The second-order valence-electron chi connectivity index (χ2n) is 3.82. The highest BCUT2D eigenvalue weighted by Gasteiger charge is 1.97. The Balaban J connectivity index is 0.000000771. The van der Waals surface area contributed by atoms with Gasteiger partial charge in [0.05, 0.1) is 6.61 Å². The lowest BCUT2D eigenvalue weighted by Crippen LogP contribution is -1.90. The summed E-state index contributed by atoms with van der Waals surface area (Å²) in [6, 6.07) is 16.8. The molecule has 96 valence electrons. The lowest BCUT2D eigenvalue weighted by molar-refractivity contribution is 0.340. The van der Waals surface area contributed by atoms with Crippen molar-refractivity contribution < 1.29 is 4.74 Å². The molecule has 0 unspecified atom stereocenters. The third-order valence-electron chi connectivity index (χ3n) is 2.55. The van der Waals surface area contributed by atoms with Crippen molar-refractivity contribution >= 4 is 0 Å². The zero-order valence-electron chi connectivity index (χ0n) is 11.7. The highest BCUT2D eigenvalue weighted by molar-refractivity contribution is 5.64. The number of benzene rings is 2. The molecule has 1 nitrogen and oxygen atoms in total. The van der Waals surface area contributed by atoms with Gasteiger partial charge in [0.15, 0.2) is 0 Å². The minimum Gasteiger partial charge on any atom is -0.494 e. The van der Waals surface area contributed by atoms with Gasteiger partial charge in [-0.25, -0.2) is 0 Å². The molecule has 0 atom stereocenters. The molecular formula is C17H22O. The molecule has 0 saturated carbocycles. The molecule has 0 radical (unpaired) electrons. The Morgan fingerprint density at radius 3 is 1.67 bits per heavy atom. The van der Waals surface area contributed by atoms with E-state index in [9.17, 15) is 0 Å². The zero-order valence-corrected chi connectivity index (χ0v) is 11.7. The van der Waals surface area contributed by atoms with E-state index < -0.39 is 0 Å². The van der Waals surface area contributed by atoms with Gasteiger partial charge in [-0.1, -0.05) is 55.8 Å². The monoisotopic (exact) mass is 242 g/mol. The molecule has 2 rings (SSSR count). The molecular weight excluding hydrogens is 220 g/mol. The smallest absolute Gasteiger partial charge is 0.119 e. The Hall–Kier alpha value is -1.76. The van der Waals surface area contributed by atoms with Crippen molar-refractivity contribution in [3.8, 4) is 16.9 Å². The average molecular weight is 242 g/mol. The van der Waals surface area contributed by atoms with E-state index in [1.807, 2.05) is 32.9 Å². The van der Waals surface area contributed by atoms with Crippen LogP contribution in [0, 0.1) is 6.92 Å². The van der Waals surface area contributed by atoms with Crippen LogP contribution in [0.15, 0.2) is 48.5 Å². The first-order valence-corrected chi connectivity index (χ1v) is 6.59. The molecule has 18 heavy (non-hydrogen) atoms. The molecule has 0 bridgehead atoms. The van der Waals surface area contributed by atoms with Crippen LogP contribution in [0.4, 0.5) is 0 Å². The average Bonchev–Trinajstić information content (AvgIpc) is 2.43. The number of ether oxygens (including phenoxy) is 1. The quantitative estimate of drug-likeness (QED) is 0.728. The summed E-state index contributed by atoms with van der Waals surface area (Å²) in [5.74, 6) is 0.929. The Labute approximate surface area is 110 Å². The van der Waals surface area contributed by atoms with Gasteiger partial charge in [0, 0.05) is 0 Å². The van der Waals surface area contributed by atoms with Crippen LogP contribution in [0.5, 0.6) is 5.75 Å². The van der Waals surface area contributed by atoms with Crippen molar-refractivity contribution in [3.63, 3.8) is 0 Å². The van der Waals surface area contributed by atoms with Crippen LogP contribution in [0.25, 0.3) is 11.1 Å². The molecule has 0 spiro atoms. The van der Waals surface area contributed by atoms with E-state index in [-0.39, 0.29) is 0 Å². The highest BCUT2D eigenvalue weighted by atomic mass is 16.5. The molecule has 0 aromatic heterocycles. The van der Waals surface area contributed by atoms with Crippen molar-refractivity contribution in [1.82, 2.24) is 0 Å². The summed E-state index contributed by atoms with van der Waals surface area (Å²) >= 11 is 0. The summed E-state index contributed by atoms with van der Waals surface area (Å²) in [4.78, 5) is 0. The topological polar surface area (TPSA) is 9.23 Å². The number of aryl methyl sites for hydroxylation is 1. The minimum absolute atomic E-state index is 0.712. The van der Waals surface area contributed by atoms with Crippen molar-refractivity contribution in [2.45, 2.75) is 27.7 Å². The second-order valence-corrected chi connectivity index (χ2v) is 3.82.